The molecule has 216 valence electrons. The minimum atomic E-state index is -1.27. The van der Waals surface area contributed by atoms with Crippen molar-refractivity contribution < 1.29 is 24.1 Å². The number of amides is 1. The van der Waals surface area contributed by atoms with Crippen LogP contribution < -0.4 is 14.8 Å². The van der Waals surface area contributed by atoms with Crippen LogP contribution in [0.3, 0.4) is 0 Å². The zero-order valence-corrected chi connectivity index (χ0v) is 24.9. The Bertz CT molecular complexity index is 1490. The molecule has 0 saturated carbocycles. The van der Waals surface area contributed by atoms with E-state index in [0.717, 1.165) is 32.5 Å². The summed E-state index contributed by atoms with van der Waals surface area (Å²) in [5.74, 6) is 1.60. The number of hydrogen-bond acceptors (Lipinski definition) is 6. The van der Waals surface area contributed by atoms with Gasteiger partial charge in [-0.1, -0.05) is 70.5 Å². The molecule has 0 unspecified atom stereocenters. The molecular formula is C34H33BrN2O5. The van der Waals surface area contributed by atoms with Crippen molar-refractivity contribution in [3.8, 4) is 11.5 Å². The topological polar surface area (TPSA) is 89.4 Å². The standard InChI is InChI=1S/C34H33BrN2O5/c1-40-29-16-10-25(11-17-29)23-36-33(39)34(22-24-8-14-28(35)15-9-24)31(26-6-3-2-4-7-26)42-32(37-34)27-12-18-30(19-13-27)41-21-5-20-38/h2-4,6-19,31,38H,5,20-23H2,1H3,(H,36,39)/t31-,34-/m1/s1. The number of hydrogen-bond donors (Lipinski definition) is 2. The van der Waals surface area contributed by atoms with Crippen LogP contribution in [0, 0.1) is 0 Å². The molecule has 4 aromatic carbocycles. The predicted octanol–water partition coefficient (Wildman–Crippen LogP) is 6.03. The number of aliphatic imine (C=N–C) groups is 1. The van der Waals surface area contributed by atoms with Gasteiger partial charge in [0, 0.05) is 36.0 Å². The molecule has 0 aliphatic carbocycles. The highest BCUT2D eigenvalue weighted by Crippen LogP contribution is 2.42. The first kappa shape index (κ1) is 29.4. The molecule has 5 rings (SSSR count). The summed E-state index contributed by atoms with van der Waals surface area (Å²) in [5.41, 5.74) is 2.23. The van der Waals surface area contributed by atoms with Crippen molar-refractivity contribution in [2.75, 3.05) is 20.3 Å². The fourth-order valence-electron chi connectivity index (χ4n) is 4.90. The third kappa shape index (κ3) is 6.83. The van der Waals surface area contributed by atoms with Crippen LogP contribution in [-0.2, 0) is 22.5 Å². The zero-order valence-electron chi connectivity index (χ0n) is 23.3. The molecule has 0 aromatic heterocycles. The molecule has 1 aliphatic heterocycles. The average Bonchev–Trinajstić information content (AvgIpc) is 3.42. The number of halogens is 1. The lowest BCUT2D eigenvalue weighted by molar-refractivity contribution is -0.129. The minimum Gasteiger partial charge on any atom is -0.497 e. The number of aliphatic hydroxyl groups excluding tert-OH is 1. The summed E-state index contributed by atoms with van der Waals surface area (Å²) in [6.07, 6.45) is 0.231. The molecule has 0 fully saturated rings. The van der Waals surface area contributed by atoms with Crippen LogP contribution >= 0.6 is 15.9 Å². The predicted molar refractivity (Wildman–Crippen MR) is 166 cm³/mol. The number of rotatable bonds is 12. The second-order valence-corrected chi connectivity index (χ2v) is 10.9. The van der Waals surface area contributed by atoms with E-state index in [1.807, 2.05) is 103 Å². The number of methoxy groups -OCH3 is 1. The Labute approximate surface area is 254 Å². The van der Waals surface area contributed by atoms with E-state index in [4.69, 9.17) is 24.3 Å². The smallest absolute Gasteiger partial charge is 0.252 e. The van der Waals surface area contributed by atoms with E-state index in [2.05, 4.69) is 21.2 Å². The van der Waals surface area contributed by atoms with E-state index in [1.165, 1.54) is 0 Å². The minimum absolute atomic E-state index is 0.0740. The summed E-state index contributed by atoms with van der Waals surface area (Å²) in [5, 5.41) is 12.2. The lowest BCUT2D eigenvalue weighted by Gasteiger charge is -2.31. The number of nitrogens with zero attached hydrogens (tertiary/aromatic N) is 1. The van der Waals surface area contributed by atoms with Crippen LogP contribution in [0.25, 0.3) is 0 Å². The van der Waals surface area contributed by atoms with Crippen molar-refractivity contribution in [3.63, 3.8) is 0 Å². The Morgan fingerprint density at radius 3 is 2.26 bits per heavy atom. The van der Waals surface area contributed by atoms with Gasteiger partial charge in [-0.05, 0) is 65.2 Å². The number of carbonyl (C=O) groups excluding carboxylic acids is 1. The first-order valence-electron chi connectivity index (χ1n) is 13.8. The Kier molecular flexibility index (Phi) is 9.56. The molecule has 8 heteroatoms. The van der Waals surface area contributed by atoms with Crippen LogP contribution in [0.1, 0.15) is 34.8 Å². The molecule has 42 heavy (non-hydrogen) atoms. The molecule has 4 aromatic rings. The number of benzene rings is 4. The Hall–Kier alpha value is -4.14. The van der Waals surface area contributed by atoms with E-state index in [9.17, 15) is 4.79 Å². The van der Waals surface area contributed by atoms with Crippen molar-refractivity contribution in [3.05, 3.63) is 130 Å². The van der Waals surface area contributed by atoms with Gasteiger partial charge in [0.1, 0.15) is 11.5 Å². The quantitative estimate of drug-likeness (QED) is 0.187. The summed E-state index contributed by atoms with van der Waals surface area (Å²) in [6, 6.07) is 32.7. The second kappa shape index (κ2) is 13.7. The van der Waals surface area contributed by atoms with Gasteiger partial charge in [-0.25, -0.2) is 4.99 Å². The lowest BCUT2D eigenvalue weighted by Crippen LogP contribution is -2.49. The maximum absolute atomic E-state index is 14.3. The highest BCUT2D eigenvalue weighted by molar-refractivity contribution is 9.10. The Morgan fingerprint density at radius 1 is 0.929 bits per heavy atom. The third-order valence-electron chi connectivity index (χ3n) is 7.13. The van der Waals surface area contributed by atoms with E-state index >= 15 is 0 Å². The fourth-order valence-corrected chi connectivity index (χ4v) is 5.17. The first-order chi connectivity index (χ1) is 20.5. The third-order valence-corrected chi connectivity index (χ3v) is 7.66. The van der Waals surface area contributed by atoms with Crippen LogP contribution in [0.4, 0.5) is 0 Å². The Morgan fingerprint density at radius 2 is 1.60 bits per heavy atom. The SMILES string of the molecule is COc1ccc(CNC(=O)[C@]2(Cc3ccc(Br)cc3)N=C(c3ccc(OCCCO)cc3)O[C@@H]2c2ccccc2)cc1. The Balaban J connectivity index is 1.52. The summed E-state index contributed by atoms with van der Waals surface area (Å²) in [4.78, 5) is 19.4. The normalized spacial score (nSPS) is 17.7. The second-order valence-electron chi connectivity index (χ2n) is 10.0. The maximum Gasteiger partial charge on any atom is 0.252 e. The van der Waals surface area contributed by atoms with Crippen LogP contribution in [0.15, 0.2) is 113 Å². The highest BCUT2D eigenvalue weighted by atomic mass is 79.9. The molecule has 2 N–H and O–H groups in total. The molecule has 1 aliphatic rings. The van der Waals surface area contributed by atoms with Gasteiger partial charge in [-0.2, -0.15) is 0 Å². The lowest BCUT2D eigenvalue weighted by atomic mass is 9.82. The summed E-state index contributed by atoms with van der Waals surface area (Å²) in [6.45, 7) is 0.829. The number of ether oxygens (including phenoxy) is 3. The zero-order chi connectivity index (χ0) is 29.4. The van der Waals surface area contributed by atoms with Gasteiger partial charge in [0.15, 0.2) is 11.6 Å². The molecule has 1 amide bonds. The van der Waals surface area contributed by atoms with Crippen molar-refractivity contribution in [1.29, 1.82) is 0 Å². The summed E-state index contributed by atoms with van der Waals surface area (Å²) in [7, 11) is 1.62. The van der Waals surface area contributed by atoms with Gasteiger partial charge in [-0.15, -0.1) is 0 Å². The van der Waals surface area contributed by atoms with Crippen LogP contribution in [-0.4, -0.2) is 42.8 Å². The number of aliphatic hydroxyl groups is 1. The van der Waals surface area contributed by atoms with E-state index in [-0.39, 0.29) is 12.5 Å². The molecular weight excluding hydrogens is 596 g/mol. The van der Waals surface area contributed by atoms with E-state index in [0.29, 0.717) is 37.6 Å². The van der Waals surface area contributed by atoms with Crippen LogP contribution in [0.2, 0.25) is 0 Å². The molecule has 0 spiro atoms. The highest BCUT2D eigenvalue weighted by Gasteiger charge is 2.53. The van der Waals surface area contributed by atoms with Crippen LogP contribution in [0.5, 0.6) is 11.5 Å². The van der Waals surface area contributed by atoms with Crippen molar-refractivity contribution in [2.45, 2.75) is 31.0 Å². The monoisotopic (exact) mass is 628 g/mol. The van der Waals surface area contributed by atoms with Gasteiger partial charge >= 0.3 is 0 Å². The fraction of sp³-hybridized carbons (Fsp3) is 0.235. The maximum atomic E-state index is 14.3. The molecule has 0 saturated heterocycles. The number of nitrogens with one attached hydrogen (secondary N) is 1. The van der Waals surface area contributed by atoms with Gasteiger partial charge in [0.05, 0.1) is 13.7 Å². The van der Waals surface area contributed by atoms with Gasteiger partial charge in [0.2, 0.25) is 5.90 Å². The first-order valence-corrected chi connectivity index (χ1v) is 14.6. The van der Waals surface area contributed by atoms with Crippen molar-refractivity contribution in [2.24, 2.45) is 4.99 Å². The van der Waals surface area contributed by atoms with Gasteiger partial charge < -0.3 is 24.6 Å². The van der Waals surface area contributed by atoms with E-state index < -0.39 is 11.6 Å². The largest absolute Gasteiger partial charge is 0.497 e. The molecule has 0 radical (unpaired) electrons. The molecule has 0 bridgehead atoms. The summed E-state index contributed by atoms with van der Waals surface area (Å²) >= 11 is 3.51. The average molecular weight is 630 g/mol. The van der Waals surface area contributed by atoms with Gasteiger partial charge in [-0.3, -0.25) is 4.79 Å². The molecule has 2 atom stereocenters. The van der Waals surface area contributed by atoms with Crippen molar-refractivity contribution in [1.82, 2.24) is 5.32 Å². The molecule has 7 nitrogen and oxygen atoms in total. The van der Waals surface area contributed by atoms with Crippen molar-refractivity contribution >= 4 is 27.7 Å². The number of carbonyl (C=O) groups is 1. The molecule has 1 heterocycles. The summed E-state index contributed by atoms with van der Waals surface area (Å²) < 4.78 is 18.5. The van der Waals surface area contributed by atoms with Gasteiger partial charge in [0.25, 0.3) is 5.91 Å². The van der Waals surface area contributed by atoms with E-state index in [1.54, 1.807) is 7.11 Å².